The maximum atomic E-state index is 13.8. The molecule has 5 heteroatoms. The predicted octanol–water partition coefficient (Wildman–Crippen LogP) is 3.17. The Kier molecular flexibility index (Phi) is 4.34. The fraction of sp³-hybridized carbons (Fsp3) is 0.429. The molecular formula is C14H15BrFNO2. The maximum Gasteiger partial charge on any atom is 0.257 e. The average Bonchev–Trinajstić information content (AvgIpc) is 2.75. The predicted molar refractivity (Wildman–Crippen MR) is 73.5 cm³/mol. The molecule has 0 N–H and O–H groups in total. The van der Waals surface area contributed by atoms with Gasteiger partial charge in [-0.25, -0.2) is 4.39 Å². The maximum absolute atomic E-state index is 13.8. The van der Waals surface area contributed by atoms with Crippen molar-refractivity contribution in [3.8, 4) is 0 Å². The molecule has 2 rings (SSSR count). The zero-order valence-corrected chi connectivity index (χ0v) is 12.2. The number of amides is 1. The lowest BCUT2D eigenvalue weighted by molar-refractivity contribution is -0.117. The first-order valence-corrected chi connectivity index (χ1v) is 7.04. The highest BCUT2D eigenvalue weighted by Gasteiger charge is 2.31. The Balaban J connectivity index is 2.20. The van der Waals surface area contributed by atoms with Crippen LogP contribution in [0.25, 0.3) is 0 Å². The van der Waals surface area contributed by atoms with Crippen molar-refractivity contribution in [2.75, 3.05) is 6.54 Å². The van der Waals surface area contributed by atoms with Gasteiger partial charge in [-0.1, -0.05) is 15.9 Å². The number of likely N-dealkylation sites (tertiary alicyclic amines) is 1. The molecule has 1 unspecified atom stereocenters. The molecule has 0 radical (unpaired) electrons. The van der Waals surface area contributed by atoms with Gasteiger partial charge in [0, 0.05) is 23.5 Å². The van der Waals surface area contributed by atoms with Gasteiger partial charge in [0.2, 0.25) is 0 Å². The number of halogens is 2. The first-order chi connectivity index (χ1) is 8.99. The van der Waals surface area contributed by atoms with Crippen LogP contribution < -0.4 is 0 Å². The van der Waals surface area contributed by atoms with Crippen LogP contribution in [0, 0.1) is 5.82 Å². The molecule has 1 aromatic carbocycles. The molecule has 3 nitrogen and oxygen atoms in total. The highest BCUT2D eigenvalue weighted by Crippen LogP contribution is 2.24. The zero-order valence-electron chi connectivity index (χ0n) is 10.7. The van der Waals surface area contributed by atoms with E-state index in [2.05, 4.69) is 15.9 Å². The topological polar surface area (TPSA) is 37.4 Å². The smallest absolute Gasteiger partial charge is 0.257 e. The van der Waals surface area contributed by atoms with Crippen LogP contribution >= 0.6 is 15.9 Å². The van der Waals surface area contributed by atoms with E-state index in [1.807, 2.05) is 0 Å². The number of carbonyl (C=O) groups is 2. The molecule has 0 aromatic heterocycles. The van der Waals surface area contributed by atoms with Crippen LogP contribution in [0.2, 0.25) is 0 Å². The van der Waals surface area contributed by atoms with E-state index in [9.17, 15) is 14.0 Å². The summed E-state index contributed by atoms with van der Waals surface area (Å²) in [5.41, 5.74) is 0.0682. The summed E-state index contributed by atoms with van der Waals surface area (Å²) in [6.07, 6.45) is 2.02. The van der Waals surface area contributed by atoms with Gasteiger partial charge in [0.15, 0.2) is 0 Å². The van der Waals surface area contributed by atoms with Crippen molar-refractivity contribution < 1.29 is 14.0 Å². The zero-order chi connectivity index (χ0) is 14.0. The first kappa shape index (κ1) is 14.2. The van der Waals surface area contributed by atoms with Gasteiger partial charge in [0.1, 0.15) is 11.6 Å². The second-order valence-electron chi connectivity index (χ2n) is 4.82. The Labute approximate surface area is 119 Å². The molecule has 0 spiro atoms. The number of Topliss-reactive ketones (excluding diaryl/α,β-unsaturated/α-hetero) is 1. The number of rotatable bonds is 3. The van der Waals surface area contributed by atoms with Crippen molar-refractivity contribution in [2.24, 2.45) is 0 Å². The summed E-state index contributed by atoms with van der Waals surface area (Å²) in [4.78, 5) is 25.1. The van der Waals surface area contributed by atoms with Crippen LogP contribution in [0.1, 0.15) is 36.5 Å². The number of nitrogens with zero attached hydrogens (tertiary/aromatic N) is 1. The largest absolute Gasteiger partial charge is 0.335 e. The summed E-state index contributed by atoms with van der Waals surface area (Å²) in [6, 6.07) is 4.31. The van der Waals surface area contributed by atoms with Crippen LogP contribution in [0.5, 0.6) is 0 Å². The van der Waals surface area contributed by atoms with Crippen LogP contribution in [-0.2, 0) is 4.79 Å². The first-order valence-electron chi connectivity index (χ1n) is 6.24. The lowest BCUT2D eigenvalue weighted by atomic mass is 10.1. The number of carbonyl (C=O) groups excluding carboxylic acids is 2. The molecule has 0 saturated carbocycles. The van der Waals surface area contributed by atoms with Crippen molar-refractivity contribution >= 4 is 27.6 Å². The third-order valence-corrected chi connectivity index (χ3v) is 3.82. The molecule has 1 amide bonds. The van der Waals surface area contributed by atoms with Gasteiger partial charge in [0.05, 0.1) is 5.56 Å². The number of ketones is 1. The van der Waals surface area contributed by atoms with Crippen LogP contribution in [0.4, 0.5) is 4.39 Å². The summed E-state index contributed by atoms with van der Waals surface area (Å²) >= 11 is 3.16. The van der Waals surface area contributed by atoms with Crippen molar-refractivity contribution in [3.63, 3.8) is 0 Å². The summed E-state index contributed by atoms with van der Waals surface area (Å²) in [6.45, 7) is 2.10. The molecule has 1 aliphatic heterocycles. The summed E-state index contributed by atoms with van der Waals surface area (Å²) in [7, 11) is 0. The van der Waals surface area contributed by atoms with E-state index >= 15 is 0 Å². The highest BCUT2D eigenvalue weighted by atomic mass is 79.9. The summed E-state index contributed by atoms with van der Waals surface area (Å²) < 4.78 is 14.4. The molecule has 1 heterocycles. The molecule has 1 aliphatic rings. The quantitative estimate of drug-likeness (QED) is 0.855. The third kappa shape index (κ3) is 3.21. The normalized spacial score (nSPS) is 18.7. The monoisotopic (exact) mass is 327 g/mol. The number of hydrogen-bond acceptors (Lipinski definition) is 2. The molecule has 102 valence electrons. The molecule has 1 fully saturated rings. The van der Waals surface area contributed by atoms with Crippen molar-refractivity contribution in [1.29, 1.82) is 0 Å². The van der Waals surface area contributed by atoms with E-state index in [4.69, 9.17) is 0 Å². The van der Waals surface area contributed by atoms with Gasteiger partial charge in [-0.2, -0.15) is 0 Å². The van der Waals surface area contributed by atoms with Gasteiger partial charge >= 0.3 is 0 Å². The molecule has 1 aromatic rings. The average molecular weight is 328 g/mol. The molecular weight excluding hydrogens is 313 g/mol. The van der Waals surface area contributed by atoms with Crippen LogP contribution in [-0.4, -0.2) is 29.2 Å². The van der Waals surface area contributed by atoms with Gasteiger partial charge in [0.25, 0.3) is 5.91 Å². The van der Waals surface area contributed by atoms with E-state index in [0.717, 1.165) is 12.8 Å². The standard InChI is InChI=1S/C14H15BrFNO2/c1-9(18)7-11-3-2-6-17(11)14(19)12-5-4-10(15)8-13(12)16/h4-5,8,11H,2-3,6-7H2,1H3. The van der Waals surface area contributed by atoms with Crippen LogP contribution in [0.15, 0.2) is 22.7 Å². The van der Waals surface area contributed by atoms with Crippen molar-refractivity contribution in [1.82, 2.24) is 4.90 Å². The molecule has 0 aliphatic carbocycles. The fourth-order valence-electron chi connectivity index (χ4n) is 2.46. The van der Waals surface area contributed by atoms with Gasteiger partial charge in [-0.15, -0.1) is 0 Å². The minimum absolute atomic E-state index is 0.0565. The Morgan fingerprint density at radius 3 is 2.84 bits per heavy atom. The van der Waals surface area contributed by atoms with Gasteiger partial charge in [-0.05, 0) is 38.0 Å². The van der Waals surface area contributed by atoms with E-state index in [0.29, 0.717) is 17.4 Å². The molecule has 0 bridgehead atoms. The van der Waals surface area contributed by atoms with Crippen molar-refractivity contribution in [2.45, 2.75) is 32.2 Å². The second kappa shape index (κ2) is 5.82. The lowest BCUT2D eigenvalue weighted by Gasteiger charge is -2.24. The van der Waals surface area contributed by atoms with Crippen molar-refractivity contribution in [3.05, 3.63) is 34.1 Å². The summed E-state index contributed by atoms with van der Waals surface area (Å²) in [5, 5.41) is 0. The van der Waals surface area contributed by atoms with Crippen LogP contribution in [0.3, 0.4) is 0 Å². The molecule has 1 atom stereocenters. The Bertz CT molecular complexity index is 518. The minimum atomic E-state index is -0.534. The van der Waals surface area contributed by atoms with E-state index < -0.39 is 5.82 Å². The summed E-state index contributed by atoms with van der Waals surface area (Å²) in [5.74, 6) is -0.803. The molecule has 19 heavy (non-hydrogen) atoms. The van der Waals surface area contributed by atoms with Gasteiger partial charge < -0.3 is 4.90 Å². The highest BCUT2D eigenvalue weighted by molar-refractivity contribution is 9.10. The Hall–Kier alpha value is -1.23. The number of hydrogen-bond donors (Lipinski definition) is 0. The van der Waals surface area contributed by atoms with E-state index in [-0.39, 0.29) is 23.3 Å². The fourth-order valence-corrected chi connectivity index (χ4v) is 2.80. The van der Waals surface area contributed by atoms with Gasteiger partial charge in [-0.3, -0.25) is 9.59 Å². The SMILES string of the molecule is CC(=O)CC1CCCN1C(=O)c1ccc(Br)cc1F. The Morgan fingerprint density at radius 2 is 2.21 bits per heavy atom. The minimum Gasteiger partial charge on any atom is -0.335 e. The molecule has 1 saturated heterocycles. The van der Waals surface area contributed by atoms with E-state index in [1.54, 1.807) is 11.0 Å². The second-order valence-corrected chi connectivity index (χ2v) is 5.74. The lowest BCUT2D eigenvalue weighted by Crippen LogP contribution is -2.37. The Morgan fingerprint density at radius 1 is 1.47 bits per heavy atom. The third-order valence-electron chi connectivity index (χ3n) is 3.32. The van der Waals surface area contributed by atoms with E-state index in [1.165, 1.54) is 19.1 Å². The number of benzene rings is 1.